The van der Waals surface area contributed by atoms with Gasteiger partial charge in [-0.25, -0.2) is 0 Å². The first kappa shape index (κ1) is 19.4. The minimum Gasteiger partial charge on any atom is -0.381 e. The number of nitrogens with zero attached hydrogens (tertiary/aromatic N) is 5. The third-order valence-corrected chi connectivity index (χ3v) is 4.72. The number of aliphatic imine (C=N–C) groups is 1. The van der Waals surface area contributed by atoms with E-state index in [9.17, 15) is 0 Å². The van der Waals surface area contributed by atoms with Crippen LogP contribution in [0.15, 0.2) is 4.99 Å². The second-order valence-corrected chi connectivity index (χ2v) is 6.51. The highest BCUT2D eigenvalue weighted by Gasteiger charge is 2.20. The highest BCUT2D eigenvalue weighted by molar-refractivity contribution is 14.0. The predicted molar refractivity (Wildman–Crippen MR) is 105 cm³/mol. The molecule has 2 aliphatic heterocycles. The topological polar surface area (TPSA) is 67.6 Å². The Bertz CT molecular complexity index is 541. The van der Waals surface area contributed by atoms with Crippen molar-refractivity contribution in [3.05, 3.63) is 11.6 Å². The van der Waals surface area contributed by atoms with Crippen LogP contribution in [0.4, 0.5) is 0 Å². The smallest absolute Gasteiger partial charge is 0.193 e. The van der Waals surface area contributed by atoms with E-state index in [-0.39, 0.29) is 24.0 Å². The van der Waals surface area contributed by atoms with E-state index in [4.69, 9.17) is 4.74 Å². The lowest BCUT2D eigenvalue weighted by atomic mass is 10.1. The second kappa shape index (κ2) is 9.55. The Labute approximate surface area is 161 Å². The third-order valence-electron chi connectivity index (χ3n) is 4.72. The molecule has 0 spiro atoms. The lowest BCUT2D eigenvalue weighted by molar-refractivity contribution is 0.181. The normalized spacial score (nSPS) is 20.9. The van der Waals surface area contributed by atoms with Crippen molar-refractivity contribution in [2.75, 3.05) is 33.9 Å². The van der Waals surface area contributed by atoms with Gasteiger partial charge in [-0.05, 0) is 19.3 Å². The van der Waals surface area contributed by atoms with Gasteiger partial charge in [-0.3, -0.25) is 4.99 Å². The zero-order valence-corrected chi connectivity index (χ0v) is 17.0. The van der Waals surface area contributed by atoms with E-state index in [1.54, 1.807) is 0 Å². The summed E-state index contributed by atoms with van der Waals surface area (Å²) in [6.07, 6.45) is 5.90. The molecule has 24 heavy (non-hydrogen) atoms. The molecule has 0 radical (unpaired) electrons. The molecule has 1 atom stereocenters. The Kier molecular flexibility index (Phi) is 7.73. The molecule has 1 aromatic heterocycles. The van der Waals surface area contributed by atoms with Crippen molar-refractivity contribution >= 4 is 29.9 Å². The zero-order valence-electron chi connectivity index (χ0n) is 14.7. The molecule has 0 saturated carbocycles. The molecule has 0 aliphatic carbocycles. The molecule has 1 unspecified atom stereocenters. The van der Waals surface area contributed by atoms with Gasteiger partial charge >= 0.3 is 0 Å². The van der Waals surface area contributed by atoms with E-state index in [1.165, 1.54) is 19.3 Å². The third kappa shape index (κ3) is 4.81. The van der Waals surface area contributed by atoms with Crippen LogP contribution in [0.1, 0.15) is 37.3 Å². The Balaban J connectivity index is 0.00000208. The number of aromatic nitrogens is 3. The fourth-order valence-electron chi connectivity index (χ4n) is 3.42. The van der Waals surface area contributed by atoms with Crippen LogP contribution in [0.5, 0.6) is 0 Å². The Morgan fingerprint density at radius 3 is 3.00 bits per heavy atom. The van der Waals surface area contributed by atoms with Gasteiger partial charge in [-0.1, -0.05) is 6.42 Å². The summed E-state index contributed by atoms with van der Waals surface area (Å²) in [6, 6.07) is 0. The SMILES string of the molecule is CN=C(NCc1nnc2n1CCCCC2)N(C)CC1CCOC1.I. The maximum absolute atomic E-state index is 5.46. The average Bonchev–Trinajstić information content (AvgIpc) is 3.13. The number of ether oxygens (including phenoxy) is 1. The van der Waals surface area contributed by atoms with E-state index in [1.807, 2.05) is 7.05 Å². The summed E-state index contributed by atoms with van der Waals surface area (Å²) in [7, 11) is 3.91. The number of halogens is 1. The van der Waals surface area contributed by atoms with E-state index >= 15 is 0 Å². The number of fused-ring (bicyclic) bond motifs is 1. The first-order valence-corrected chi connectivity index (χ1v) is 8.68. The summed E-state index contributed by atoms with van der Waals surface area (Å²) in [5.41, 5.74) is 0. The fourth-order valence-corrected chi connectivity index (χ4v) is 3.42. The average molecular weight is 448 g/mol. The van der Waals surface area contributed by atoms with Gasteiger partial charge in [0, 0.05) is 46.1 Å². The molecule has 136 valence electrons. The number of aryl methyl sites for hydroxylation is 1. The fraction of sp³-hybridized carbons (Fsp3) is 0.812. The molecule has 0 aromatic carbocycles. The van der Waals surface area contributed by atoms with E-state index in [0.29, 0.717) is 12.5 Å². The molecule has 1 aromatic rings. The van der Waals surface area contributed by atoms with Crippen molar-refractivity contribution in [3.8, 4) is 0 Å². The van der Waals surface area contributed by atoms with Gasteiger partial charge < -0.3 is 19.5 Å². The van der Waals surface area contributed by atoms with Crippen LogP contribution in [0.2, 0.25) is 0 Å². The minimum absolute atomic E-state index is 0. The molecule has 1 fully saturated rings. The largest absolute Gasteiger partial charge is 0.381 e. The quantitative estimate of drug-likeness (QED) is 0.431. The first-order chi connectivity index (χ1) is 11.3. The summed E-state index contributed by atoms with van der Waals surface area (Å²) >= 11 is 0. The van der Waals surface area contributed by atoms with Gasteiger partial charge in [-0.15, -0.1) is 34.2 Å². The maximum Gasteiger partial charge on any atom is 0.193 e. The monoisotopic (exact) mass is 448 g/mol. The van der Waals surface area contributed by atoms with Crippen molar-refractivity contribution in [1.29, 1.82) is 0 Å². The number of rotatable bonds is 4. The Hall–Kier alpha value is -0.900. The maximum atomic E-state index is 5.46. The predicted octanol–water partition coefficient (Wildman–Crippen LogP) is 1.67. The summed E-state index contributed by atoms with van der Waals surface area (Å²) in [5.74, 6) is 3.65. The number of hydrogen-bond donors (Lipinski definition) is 1. The van der Waals surface area contributed by atoms with Crippen LogP contribution >= 0.6 is 24.0 Å². The summed E-state index contributed by atoms with van der Waals surface area (Å²) in [5, 5.41) is 12.1. The molecule has 1 saturated heterocycles. The van der Waals surface area contributed by atoms with Crippen molar-refractivity contribution in [2.45, 2.75) is 45.2 Å². The molecule has 0 bridgehead atoms. The summed E-state index contributed by atoms with van der Waals surface area (Å²) in [6.45, 7) is 4.42. The van der Waals surface area contributed by atoms with Crippen LogP contribution in [-0.2, 0) is 24.2 Å². The summed E-state index contributed by atoms with van der Waals surface area (Å²) < 4.78 is 7.73. The van der Waals surface area contributed by atoms with Crippen LogP contribution in [-0.4, -0.2) is 59.5 Å². The lowest BCUT2D eigenvalue weighted by Gasteiger charge is -2.24. The standard InChI is InChI=1S/C16H28N6O.HI/c1-17-16(21(2)11-13-7-9-23-12-13)18-10-15-20-19-14-6-4-3-5-8-22(14)15;/h13H,3-12H2,1-2H3,(H,17,18);1H. The molecule has 0 amide bonds. The zero-order chi connectivity index (χ0) is 16.1. The van der Waals surface area contributed by atoms with E-state index < -0.39 is 0 Å². The summed E-state index contributed by atoms with van der Waals surface area (Å²) in [4.78, 5) is 6.57. The van der Waals surface area contributed by atoms with Gasteiger partial charge in [0.2, 0.25) is 0 Å². The Morgan fingerprint density at radius 1 is 1.38 bits per heavy atom. The molecule has 1 N–H and O–H groups in total. The van der Waals surface area contributed by atoms with Gasteiger partial charge in [-0.2, -0.15) is 0 Å². The molecule has 7 nitrogen and oxygen atoms in total. The van der Waals surface area contributed by atoms with Crippen molar-refractivity contribution in [2.24, 2.45) is 10.9 Å². The van der Waals surface area contributed by atoms with Gasteiger partial charge in [0.25, 0.3) is 0 Å². The molecular formula is C16H29IN6O. The lowest BCUT2D eigenvalue weighted by Crippen LogP contribution is -2.41. The number of hydrogen-bond acceptors (Lipinski definition) is 4. The minimum atomic E-state index is 0. The van der Waals surface area contributed by atoms with Gasteiger partial charge in [0.1, 0.15) is 5.82 Å². The molecule has 3 heterocycles. The molecule has 8 heteroatoms. The van der Waals surface area contributed by atoms with E-state index in [2.05, 4.69) is 37.0 Å². The van der Waals surface area contributed by atoms with Crippen LogP contribution < -0.4 is 5.32 Å². The number of nitrogens with one attached hydrogen (secondary N) is 1. The van der Waals surface area contributed by atoms with Crippen molar-refractivity contribution in [1.82, 2.24) is 25.0 Å². The number of guanidine groups is 1. The highest BCUT2D eigenvalue weighted by atomic mass is 127. The van der Waals surface area contributed by atoms with Crippen LogP contribution in [0.25, 0.3) is 0 Å². The molecule has 2 aliphatic rings. The van der Waals surface area contributed by atoms with Gasteiger partial charge in [0.15, 0.2) is 11.8 Å². The van der Waals surface area contributed by atoms with E-state index in [0.717, 1.165) is 56.8 Å². The highest BCUT2D eigenvalue weighted by Crippen LogP contribution is 2.15. The first-order valence-electron chi connectivity index (χ1n) is 8.68. The molecular weight excluding hydrogens is 419 g/mol. The molecule has 3 rings (SSSR count). The second-order valence-electron chi connectivity index (χ2n) is 6.51. The van der Waals surface area contributed by atoms with Gasteiger partial charge in [0.05, 0.1) is 13.2 Å². The van der Waals surface area contributed by atoms with Crippen molar-refractivity contribution < 1.29 is 4.74 Å². The van der Waals surface area contributed by atoms with Crippen LogP contribution in [0, 0.1) is 5.92 Å². The Morgan fingerprint density at radius 2 is 2.25 bits per heavy atom. The van der Waals surface area contributed by atoms with Crippen molar-refractivity contribution in [3.63, 3.8) is 0 Å². The van der Waals surface area contributed by atoms with Crippen LogP contribution in [0.3, 0.4) is 0 Å².